The minimum Gasteiger partial charge on any atom is -0.489 e. The fourth-order valence-corrected chi connectivity index (χ4v) is 2.64. The van der Waals surface area contributed by atoms with E-state index in [4.69, 9.17) is 4.74 Å². The normalized spacial score (nSPS) is 10.4. The molecule has 3 aromatic rings. The lowest BCUT2D eigenvalue weighted by molar-refractivity contribution is 0.306. The molecule has 0 fully saturated rings. The Morgan fingerprint density at radius 2 is 1.23 bits per heavy atom. The van der Waals surface area contributed by atoms with Crippen LogP contribution in [0.2, 0.25) is 0 Å². The first-order valence-electron chi connectivity index (χ1n) is 7.27. The Labute approximate surface area is 139 Å². The van der Waals surface area contributed by atoms with E-state index in [2.05, 4.69) is 64.5 Å². The van der Waals surface area contributed by atoms with Crippen molar-refractivity contribution in [1.29, 1.82) is 0 Å². The van der Waals surface area contributed by atoms with Crippen molar-refractivity contribution in [2.75, 3.05) is 0 Å². The smallest absolute Gasteiger partial charge is 0.119 e. The van der Waals surface area contributed by atoms with Crippen LogP contribution in [0, 0.1) is 0 Å². The van der Waals surface area contributed by atoms with Crippen LogP contribution in [0.15, 0.2) is 78.9 Å². The Morgan fingerprint density at radius 3 is 1.82 bits per heavy atom. The average Bonchev–Trinajstić information content (AvgIpc) is 2.61. The first-order chi connectivity index (χ1) is 10.8. The summed E-state index contributed by atoms with van der Waals surface area (Å²) in [5, 5.41) is 0.888. The Bertz CT molecular complexity index is 703. The number of alkyl halides is 1. The lowest BCUT2D eigenvalue weighted by atomic mass is 10.0. The molecule has 0 saturated heterocycles. The molecule has 0 atom stereocenters. The molecule has 0 heterocycles. The molecule has 110 valence electrons. The topological polar surface area (TPSA) is 9.23 Å². The predicted octanol–water partition coefficient (Wildman–Crippen LogP) is 5.83. The zero-order valence-corrected chi connectivity index (χ0v) is 13.8. The van der Waals surface area contributed by atoms with E-state index in [1.165, 1.54) is 22.3 Å². The molecule has 0 bridgehead atoms. The fraction of sp³-hybridized carbons (Fsp3) is 0.100. The van der Waals surface area contributed by atoms with E-state index >= 15 is 0 Å². The number of halogens is 1. The van der Waals surface area contributed by atoms with Crippen molar-refractivity contribution < 1.29 is 4.74 Å². The zero-order valence-electron chi connectivity index (χ0n) is 12.2. The molecule has 22 heavy (non-hydrogen) atoms. The number of benzene rings is 3. The Morgan fingerprint density at radius 1 is 0.636 bits per heavy atom. The van der Waals surface area contributed by atoms with E-state index in [0.29, 0.717) is 6.61 Å². The van der Waals surface area contributed by atoms with Crippen LogP contribution in [0.4, 0.5) is 0 Å². The van der Waals surface area contributed by atoms with Crippen LogP contribution in [0.5, 0.6) is 5.75 Å². The molecule has 1 nitrogen and oxygen atoms in total. The van der Waals surface area contributed by atoms with E-state index in [1.54, 1.807) is 0 Å². The molecule has 0 aliphatic carbocycles. The Kier molecular flexibility index (Phi) is 4.92. The molecule has 2 heteroatoms. The molecular weight excluding hydrogens is 336 g/mol. The van der Waals surface area contributed by atoms with Crippen molar-refractivity contribution in [1.82, 2.24) is 0 Å². The summed E-state index contributed by atoms with van der Waals surface area (Å²) in [6.07, 6.45) is 0. The van der Waals surface area contributed by atoms with Gasteiger partial charge in [-0.05, 0) is 34.4 Å². The third-order valence-corrected chi connectivity index (χ3v) is 4.19. The van der Waals surface area contributed by atoms with Crippen LogP contribution in [-0.2, 0) is 11.9 Å². The van der Waals surface area contributed by atoms with Crippen molar-refractivity contribution >= 4 is 15.9 Å². The van der Waals surface area contributed by atoms with Crippen LogP contribution in [-0.4, -0.2) is 0 Å². The van der Waals surface area contributed by atoms with Gasteiger partial charge in [0, 0.05) is 5.33 Å². The second kappa shape index (κ2) is 7.28. The third-order valence-electron chi connectivity index (χ3n) is 3.54. The van der Waals surface area contributed by atoms with Gasteiger partial charge in [-0.3, -0.25) is 0 Å². The maximum atomic E-state index is 5.81. The highest BCUT2D eigenvalue weighted by Gasteiger charge is 2.00. The predicted molar refractivity (Wildman–Crippen MR) is 95.3 cm³/mol. The number of rotatable bonds is 5. The highest BCUT2D eigenvalue weighted by Crippen LogP contribution is 2.23. The van der Waals surface area contributed by atoms with E-state index in [1.807, 2.05) is 30.3 Å². The second-order valence-corrected chi connectivity index (χ2v) is 5.69. The summed E-state index contributed by atoms with van der Waals surface area (Å²) in [5.74, 6) is 0.893. The van der Waals surface area contributed by atoms with E-state index in [9.17, 15) is 0 Å². The van der Waals surface area contributed by atoms with Crippen LogP contribution in [0.3, 0.4) is 0 Å². The monoisotopic (exact) mass is 352 g/mol. The summed E-state index contributed by atoms with van der Waals surface area (Å²) in [4.78, 5) is 0. The van der Waals surface area contributed by atoms with Crippen molar-refractivity contribution in [3.05, 3.63) is 90.0 Å². The van der Waals surface area contributed by atoms with Crippen molar-refractivity contribution in [3.63, 3.8) is 0 Å². The van der Waals surface area contributed by atoms with E-state index < -0.39 is 0 Å². The minimum absolute atomic E-state index is 0.597. The first kappa shape index (κ1) is 14.9. The molecule has 3 rings (SSSR count). The fourth-order valence-electron chi connectivity index (χ4n) is 2.27. The summed E-state index contributed by atoms with van der Waals surface area (Å²) < 4.78 is 5.81. The second-order valence-electron chi connectivity index (χ2n) is 5.13. The molecule has 0 amide bonds. The summed E-state index contributed by atoms with van der Waals surface area (Å²) in [6.45, 7) is 0.597. The van der Waals surface area contributed by atoms with E-state index in [0.717, 1.165) is 11.1 Å². The molecule has 0 aliphatic heterocycles. The van der Waals surface area contributed by atoms with Gasteiger partial charge < -0.3 is 4.74 Å². The summed E-state index contributed by atoms with van der Waals surface area (Å²) in [5.41, 5.74) is 4.89. The molecule has 0 N–H and O–H groups in total. The third kappa shape index (κ3) is 3.77. The van der Waals surface area contributed by atoms with Gasteiger partial charge in [-0.25, -0.2) is 0 Å². The Balaban J connectivity index is 1.67. The zero-order chi connectivity index (χ0) is 15.2. The summed E-state index contributed by atoms with van der Waals surface area (Å²) in [7, 11) is 0. The number of hydrogen-bond acceptors (Lipinski definition) is 1. The van der Waals surface area contributed by atoms with Gasteiger partial charge in [-0.1, -0.05) is 82.7 Å². The van der Waals surface area contributed by atoms with Gasteiger partial charge in [0.05, 0.1) is 0 Å². The molecule has 0 aromatic heterocycles. The first-order valence-corrected chi connectivity index (χ1v) is 8.39. The minimum atomic E-state index is 0.597. The standard InChI is InChI=1S/C20H17BrO/c21-14-16-6-8-18(9-7-16)19-10-12-20(13-11-19)22-15-17-4-2-1-3-5-17/h1-13H,14-15H2. The molecule has 0 saturated carbocycles. The maximum absolute atomic E-state index is 5.81. The van der Waals surface area contributed by atoms with Gasteiger partial charge in [-0.15, -0.1) is 0 Å². The lowest BCUT2D eigenvalue weighted by Crippen LogP contribution is -1.94. The SMILES string of the molecule is BrCc1ccc(-c2ccc(OCc3ccccc3)cc2)cc1. The molecule has 0 aliphatic rings. The average molecular weight is 353 g/mol. The highest BCUT2D eigenvalue weighted by molar-refractivity contribution is 9.08. The van der Waals surface area contributed by atoms with Crippen LogP contribution in [0.25, 0.3) is 11.1 Å². The molecule has 0 radical (unpaired) electrons. The van der Waals surface area contributed by atoms with Gasteiger partial charge in [0.2, 0.25) is 0 Å². The largest absolute Gasteiger partial charge is 0.489 e. The van der Waals surface area contributed by atoms with Gasteiger partial charge in [0.15, 0.2) is 0 Å². The Hall–Kier alpha value is -2.06. The van der Waals surface area contributed by atoms with Gasteiger partial charge in [-0.2, -0.15) is 0 Å². The molecule has 3 aromatic carbocycles. The lowest BCUT2D eigenvalue weighted by Gasteiger charge is -2.08. The number of ether oxygens (including phenoxy) is 1. The van der Waals surface area contributed by atoms with Gasteiger partial charge >= 0.3 is 0 Å². The number of hydrogen-bond donors (Lipinski definition) is 0. The van der Waals surface area contributed by atoms with Crippen LogP contribution < -0.4 is 4.74 Å². The quantitative estimate of drug-likeness (QED) is 0.525. The summed E-state index contributed by atoms with van der Waals surface area (Å²) in [6, 6.07) is 27.0. The van der Waals surface area contributed by atoms with Crippen molar-refractivity contribution in [2.45, 2.75) is 11.9 Å². The van der Waals surface area contributed by atoms with Gasteiger partial charge in [0.25, 0.3) is 0 Å². The highest BCUT2D eigenvalue weighted by atomic mass is 79.9. The maximum Gasteiger partial charge on any atom is 0.119 e. The molecule has 0 spiro atoms. The van der Waals surface area contributed by atoms with Crippen LogP contribution >= 0.6 is 15.9 Å². The van der Waals surface area contributed by atoms with E-state index in [-0.39, 0.29) is 0 Å². The summed E-state index contributed by atoms with van der Waals surface area (Å²) >= 11 is 3.47. The molecular formula is C20H17BrO. The van der Waals surface area contributed by atoms with Crippen LogP contribution in [0.1, 0.15) is 11.1 Å². The van der Waals surface area contributed by atoms with Gasteiger partial charge in [0.1, 0.15) is 12.4 Å². The molecule has 0 unspecified atom stereocenters. The van der Waals surface area contributed by atoms with Crippen molar-refractivity contribution in [2.24, 2.45) is 0 Å². The van der Waals surface area contributed by atoms with Crippen molar-refractivity contribution in [3.8, 4) is 16.9 Å².